The van der Waals surface area contributed by atoms with Gasteiger partial charge in [0.2, 0.25) is 0 Å². The molecule has 33 heavy (non-hydrogen) atoms. The highest BCUT2D eigenvalue weighted by molar-refractivity contribution is 7.99. The Morgan fingerprint density at radius 2 is 1.12 bits per heavy atom. The molecular weight excluding hydrogens is 432 g/mol. The van der Waals surface area contributed by atoms with Crippen LogP contribution in [0.15, 0.2) is 91.0 Å². The van der Waals surface area contributed by atoms with Gasteiger partial charge < -0.3 is 18.9 Å². The summed E-state index contributed by atoms with van der Waals surface area (Å²) < 4.78 is 25.5. The minimum absolute atomic E-state index is 0.101. The van der Waals surface area contributed by atoms with Crippen LogP contribution in [0.4, 0.5) is 0 Å². The molecule has 4 atom stereocenters. The van der Waals surface area contributed by atoms with Crippen LogP contribution in [0.3, 0.4) is 0 Å². The van der Waals surface area contributed by atoms with Crippen LogP contribution in [0.25, 0.3) is 0 Å². The maximum Gasteiger partial charge on any atom is 0.132 e. The predicted molar refractivity (Wildman–Crippen MR) is 133 cm³/mol. The van der Waals surface area contributed by atoms with Crippen LogP contribution in [0.5, 0.6) is 0 Å². The van der Waals surface area contributed by atoms with Crippen molar-refractivity contribution in [3.05, 3.63) is 108 Å². The average Bonchev–Trinajstić information content (AvgIpc) is 2.88. The third kappa shape index (κ3) is 7.16. The molecule has 1 saturated heterocycles. The summed E-state index contributed by atoms with van der Waals surface area (Å²) in [4.78, 5) is 0. The van der Waals surface area contributed by atoms with E-state index in [9.17, 15) is 0 Å². The molecule has 1 fully saturated rings. The van der Waals surface area contributed by atoms with Gasteiger partial charge in [0.15, 0.2) is 0 Å². The number of rotatable bonds is 11. The van der Waals surface area contributed by atoms with Crippen molar-refractivity contribution in [2.45, 2.75) is 50.5 Å². The average molecular weight is 465 g/mol. The molecule has 0 N–H and O–H groups in total. The van der Waals surface area contributed by atoms with Gasteiger partial charge >= 0.3 is 0 Å². The molecule has 0 bridgehead atoms. The first kappa shape index (κ1) is 24.0. The molecule has 0 amide bonds. The van der Waals surface area contributed by atoms with E-state index in [0.717, 1.165) is 22.4 Å². The lowest BCUT2D eigenvalue weighted by Gasteiger charge is -2.42. The largest absolute Gasteiger partial charge is 0.368 e. The van der Waals surface area contributed by atoms with Crippen LogP contribution in [0.2, 0.25) is 0 Å². The number of hydrogen-bond donors (Lipinski definition) is 0. The molecule has 1 aliphatic heterocycles. The van der Waals surface area contributed by atoms with Crippen molar-refractivity contribution in [2.75, 3.05) is 12.4 Å². The van der Waals surface area contributed by atoms with Gasteiger partial charge in [-0.1, -0.05) is 97.9 Å². The lowest BCUT2D eigenvalue weighted by Crippen LogP contribution is -2.55. The lowest BCUT2D eigenvalue weighted by atomic mass is 10.0. The van der Waals surface area contributed by atoms with E-state index in [-0.39, 0.29) is 23.7 Å². The van der Waals surface area contributed by atoms with E-state index in [1.807, 2.05) is 54.6 Å². The first-order chi connectivity index (χ1) is 16.3. The van der Waals surface area contributed by atoms with Gasteiger partial charge in [-0.15, -0.1) is 11.8 Å². The van der Waals surface area contributed by atoms with Gasteiger partial charge in [0.25, 0.3) is 0 Å². The summed E-state index contributed by atoms with van der Waals surface area (Å²) in [6, 6.07) is 30.7. The minimum Gasteiger partial charge on any atom is -0.368 e. The van der Waals surface area contributed by atoms with Gasteiger partial charge in [-0.05, 0) is 22.4 Å². The molecule has 0 aliphatic carbocycles. The molecule has 174 valence electrons. The Kier molecular flexibility index (Phi) is 9.39. The second kappa shape index (κ2) is 12.9. The fraction of sp³-hybridized carbons (Fsp3) is 0.357. The molecule has 1 aliphatic rings. The Hall–Kier alpha value is -2.15. The highest BCUT2D eigenvalue weighted by Gasteiger charge is 2.43. The van der Waals surface area contributed by atoms with E-state index in [1.54, 1.807) is 11.8 Å². The monoisotopic (exact) mass is 464 g/mol. The SMILES string of the molecule is CCSC1OC[C@@H](OCc2ccccc2)[C@@H](OCc2ccccc2)[C@@H]1OCc1ccccc1. The summed E-state index contributed by atoms with van der Waals surface area (Å²) in [7, 11) is 0. The first-order valence-electron chi connectivity index (χ1n) is 11.5. The third-order valence-corrected chi connectivity index (χ3v) is 6.66. The summed E-state index contributed by atoms with van der Waals surface area (Å²) in [6.07, 6.45) is -0.702. The Bertz CT molecular complexity index is 922. The van der Waals surface area contributed by atoms with Gasteiger partial charge in [0.1, 0.15) is 23.7 Å². The van der Waals surface area contributed by atoms with Crippen molar-refractivity contribution in [1.82, 2.24) is 0 Å². The molecule has 5 heteroatoms. The highest BCUT2D eigenvalue weighted by atomic mass is 32.2. The zero-order valence-electron chi connectivity index (χ0n) is 19.0. The minimum atomic E-state index is -0.242. The maximum absolute atomic E-state index is 6.50. The van der Waals surface area contributed by atoms with Crippen molar-refractivity contribution in [1.29, 1.82) is 0 Å². The normalized spacial score (nSPS) is 22.8. The number of ether oxygens (including phenoxy) is 4. The van der Waals surface area contributed by atoms with Gasteiger partial charge in [0.05, 0.1) is 26.4 Å². The van der Waals surface area contributed by atoms with E-state index in [1.165, 1.54) is 0 Å². The molecule has 3 aromatic rings. The molecular formula is C28H32O4S. The molecule has 0 spiro atoms. The second-order valence-electron chi connectivity index (χ2n) is 8.01. The standard InChI is InChI=1S/C28H32O4S/c1-2-33-28-27(31-20-24-16-10-5-11-17-24)26(30-19-23-14-8-4-9-15-23)25(21-32-28)29-18-22-12-6-3-7-13-22/h3-17,25-28H,2,18-21H2,1H3/t25-,26-,27+,28?/m1/s1. The zero-order valence-corrected chi connectivity index (χ0v) is 19.9. The molecule has 1 heterocycles. The Balaban J connectivity index is 1.50. The molecule has 0 radical (unpaired) electrons. The Morgan fingerprint density at radius 1 is 0.667 bits per heavy atom. The van der Waals surface area contributed by atoms with Crippen molar-refractivity contribution >= 4 is 11.8 Å². The van der Waals surface area contributed by atoms with Crippen molar-refractivity contribution in [2.24, 2.45) is 0 Å². The fourth-order valence-corrected chi connectivity index (χ4v) is 4.81. The lowest BCUT2D eigenvalue weighted by molar-refractivity contribution is -0.220. The van der Waals surface area contributed by atoms with Crippen molar-refractivity contribution in [3.8, 4) is 0 Å². The zero-order chi connectivity index (χ0) is 22.7. The van der Waals surface area contributed by atoms with Crippen LogP contribution >= 0.6 is 11.8 Å². The number of hydrogen-bond acceptors (Lipinski definition) is 5. The van der Waals surface area contributed by atoms with E-state index in [4.69, 9.17) is 18.9 Å². The summed E-state index contributed by atoms with van der Waals surface area (Å²) in [5.74, 6) is 0.941. The van der Waals surface area contributed by atoms with Crippen molar-refractivity contribution < 1.29 is 18.9 Å². The quantitative estimate of drug-likeness (QED) is 0.356. The second-order valence-corrected chi connectivity index (χ2v) is 9.39. The number of benzene rings is 3. The van der Waals surface area contributed by atoms with E-state index < -0.39 is 0 Å². The molecule has 0 aromatic heterocycles. The van der Waals surface area contributed by atoms with Crippen LogP contribution in [0.1, 0.15) is 23.6 Å². The highest BCUT2D eigenvalue weighted by Crippen LogP contribution is 2.31. The Labute approximate surface area is 201 Å². The van der Waals surface area contributed by atoms with E-state index >= 15 is 0 Å². The molecule has 4 nitrogen and oxygen atoms in total. The van der Waals surface area contributed by atoms with Gasteiger partial charge in [0, 0.05) is 0 Å². The third-order valence-electron chi connectivity index (χ3n) is 5.59. The molecule has 0 saturated carbocycles. The fourth-order valence-electron chi connectivity index (χ4n) is 3.88. The van der Waals surface area contributed by atoms with E-state index in [2.05, 4.69) is 43.3 Å². The van der Waals surface area contributed by atoms with Gasteiger partial charge in [-0.25, -0.2) is 0 Å². The van der Waals surface area contributed by atoms with Crippen molar-refractivity contribution in [3.63, 3.8) is 0 Å². The summed E-state index contributed by atoms with van der Waals surface area (Å²) in [6.45, 7) is 4.14. The Morgan fingerprint density at radius 3 is 1.61 bits per heavy atom. The topological polar surface area (TPSA) is 36.9 Å². The molecule has 4 rings (SSSR count). The van der Waals surface area contributed by atoms with Crippen LogP contribution in [0, 0.1) is 0 Å². The summed E-state index contributed by atoms with van der Waals surface area (Å²) in [5, 5.41) is 0. The summed E-state index contributed by atoms with van der Waals surface area (Å²) >= 11 is 1.75. The maximum atomic E-state index is 6.50. The number of thioether (sulfide) groups is 1. The molecule has 3 aromatic carbocycles. The van der Waals surface area contributed by atoms with Crippen LogP contribution < -0.4 is 0 Å². The molecule has 1 unspecified atom stereocenters. The van der Waals surface area contributed by atoms with E-state index in [0.29, 0.717) is 26.4 Å². The summed E-state index contributed by atoms with van der Waals surface area (Å²) in [5.41, 5.74) is 3.29. The van der Waals surface area contributed by atoms with Gasteiger partial charge in [-0.2, -0.15) is 0 Å². The first-order valence-corrected chi connectivity index (χ1v) is 12.6. The van der Waals surface area contributed by atoms with Crippen LogP contribution in [-0.4, -0.2) is 36.1 Å². The smallest absolute Gasteiger partial charge is 0.132 e. The van der Waals surface area contributed by atoms with Gasteiger partial charge in [-0.3, -0.25) is 0 Å². The van der Waals surface area contributed by atoms with Crippen LogP contribution in [-0.2, 0) is 38.8 Å². The predicted octanol–water partition coefficient (Wildman–Crippen LogP) is 5.85.